The van der Waals surface area contributed by atoms with E-state index >= 15 is 0 Å². The van der Waals surface area contributed by atoms with E-state index in [2.05, 4.69) is 22.0 Å². The number of amidine groups is 1. The van der Waals surface area contributed by atoms with Gasteiger partial charge in [0.15, 0.2) is 0 Å². The van der Waals surface area contributed by atoms with Crippen LogP contribution in [-0.4, -0.2) is 28.6 Å². The first kappa shape index (κ1) is 19.2. The molecule has 3 N–H and O–H groups in total. The van der Waals surface area contributed by atoms with Gasteiger partial charge < -0.3 is 15.8 Å². The molecule has 26 heavy (non-hydrogen) atoms. The maximum absolute atomic E-state index is 11.5. The predicted octanol–water partition coefficient (Wildman–Crippen LogP) is 2.94. The normalized spacial score (nSPS) is 11.3. The molecule has 2 aromatic rings. The molecule has 0 saturated carbocycles. The van der Waals surface area contributed by atoms with Gasteiger partial charge in [-0.3, -0.25) is 9.48 Å². The number of nitrogens with zero attached hydrogens (tertiary/aromatic N) is 3. The van der Waals surface area contributed by atoms with Crippen LogP contribution in [0.4, 0.5) is 5.69 Å². The van der Waals surface area contributed by atoms with Gasteiger partial charge in [-0.05, 0) is 45.9 Å². The van der Waals surface area contributed by atoms with Crippen molar-refractivity contribution in [2.75, 3.05) is 7.11 Å². The quantitative estimate of drug-likeness (QED) is 0.615. The van der Waals surface area contributed by atoms with Crippen LogP contribution in [0.2, 0.25) is 0 Å². The average molecular weight is 355 g/mol. The zero-order valence-corrected chi connectivity index (χ0v) is 15.9. The third-order valence-corrected chi connectivity index (χ3v) is 3.97. The maximum atomic E-state index is 11.5. The van der Waals surface area contributed by atoms with E-state index in [1.807, 2.05) is 38.4 Å². The molecule has 1 aromatic carbocycles. The maximum Gasteiger partial charge on any atom is 0.248 e. The van der Waals surface area contributed by atoms with Crippen LogP contribution < -0.4 is 15.8 Å². The Kier molecular flexibility index (Phi) is 5.82. The summed E-state index contributed by atoms with van der Waals surface area (Å²) >= 11 is 0. The molecule has 0 atom stereocenters. The van der Waals surface area contributed by atoms with Gasteiger partial charge in [-0.2, -0.15) is 5.10 Å². The molecule has 0 aliphatic carbocycles. The van der Waals surface area contributed by atoms with E-state index in [1.54, 1.807) is 19.2 Å². The second kappa shape index (κ2) is 7.86. The fourth-order valence-corrected chi connectivity index (χ4v) is 2.66. The molecule has 1 amide bonds. The first-order valence-electron chi connectivity index (χ1n) is 8.31. The fourth-order valence-electron chi connectivity index (χ4n) is 2.66. The molecule has 0 fully saturated rings. The fraction of sp³-hybridized carbons (Fsp3) is 0.316. The van der Waals surface area contributed by atoms with Gasteiger partial charge in [0.2, 0.25) is 5.91 Å². The summed E-state index contributed by atoms with van der Waals surface area (Å²) in [6, 6.07) is 5.23. The number of methoxy groups -OCH3 is 1. The van der Waals surface area contributed by atoms with Crippen LogP contribution in [0.25, 0.3) is 5.70 Å². The topological polar surface area (TPSA) is 94.5 Å². The average Bonchev–Trinajstić information content (AvgIpc) is 2.97. The Morgan fingerprint density at radius 3 is 2.65 bits per heavy atom. The molecule has 0 bridgehead atoms. The van der Waals surface area contributed by atoms with Crippen LogP contribution in [0.5, 0.6) is 5.75 Å². The van der Waals surface area contributed by atoms with E-state index in [0.717, 1.165) is 23.5 Å². The third kappa shape index (κ3) is 4.11. The number of carbonyl (C=O) groups is 1. The highest BCUT2D eigenvalue weighted by Crippen LogP contribution is 2.30. The van der Waals surface area contributed by atoms with Crippen LogP contribution in [-0.2, 0) is 6.54 Å². The number of aryl methyl sites for hydroxylation is 2. The summed E-state index contributed by atoms with van der Waals surface area (Å²) in [5, 5.41) is 7.60. The number of nitrogens with two attached hydrogens (primary N) is 1. The second-order valence-electron chi connectivity index (χ2n) is 5.97. The van der Waals surface area contributed by atoms with Crippen molar-refractivity contribution in [3.05, 3.63) is 47.3 Å². The molecule has 0 unspecified atom stereocenters. The summed E-state index contributed by atoms with van der Waals surface area (Å²) in [4.78, 5) is 16.1. The number of amides is 1. The molecular formula is C19H25N5O2. The lowest BCUT2D eigenvalue weighted by atomic mass is 10.1. The van der Waals surface area contributed by atoms with Crippen molar-refractivity contribution in [1.82, 2.24) is 15.1 Å². The number of hydrogen-bond acceptors (Lipinski definition) is 4. The van der Waals surface area contributed by atoms with Crippen molar-refractivity contribution in [1.29, 1.82) is 0 Å². The lowest BCUT2D eigenvalue weighted by Crippen LogP contribution is -2.20. The largest absolute Gasteiger partial charge is 0.496 e. The molecule has 0 spiro atoms. The van der Waals surface area contributed by atoms with E-state index < -0.39 is 5.91 Å². The predicted molar refractivity (Wildman–Crippen MR) is 104 cm³/mol. The number of aromatic nitrogens is 2. The Morgan fingerprint density at radius 2 is 2.08 bits per heavy atom. The molecular weight excluding hydrogens is 330 g/mol. The van der Waals surface area contributed by atoms with Crippen LogP contribution in [0.3, 0.4) is 0 Å². The number of rotatable bonds is 6. The second-order valence-corrected chi connectivity index (χ2v) is 5.97. The molecule has 0 saturated heterocycles. The van der Waals surface area contributed by atoms with E-state index in [9.17, 15) is 4.79 Å². The monoisotopic (exact) mass is 355 g/mol. The van der Waals surface area contributed by atoms with Gasteiger partial charge in [0.05, 0.1) is 29.9 Å². The lowest BCUT2D eigenvalue weighted by molar-refractivity contribution is 0.1000. The standard InChI is InChI=1S/C19H25N5O2/c1-7-24-17(8-11(2)23-24)13(4)21-14(5)22-16-9-15(19(20)25)10-18(26-6)12(16)3/h8-10H,4,7H2,1-3,5-6H3,(H2,20,25)(H,21,22). The summed E-state index contributed by atoms with van der Waals surface area (Å²) in [7, 11) is 1.54. The highest BCUT2D eigenvalue weighted by molar-refractivity contribution is 5.95. The molecule has 2 rings (SSSR count). The van der Waals surface area contributed by atoms with Crippen LogP contribution in [0.15, 0.2) is 29.8 Å². The molecule has 0 radical (unpaired) electrons. The molecule has 0 aliphatic rings. The van der Waals surface area contributed by atoms with Gasteiger partial charge >= 0.3 is 0 Å². The Hall–Kier alpha value is -3.09. The zero-order valence-electron chi connectivity index (χ0n) is 15.9. The van der Waals surface area contributed by atoms with Crippen molar-refractivity contribution in [2.24, 2.45) is 10.7 Å². The van der Waals surface area contributed by atoms with Gasteiger partial charge in [-0.1, -0.05) is 6.58 Å². The van der Waals surface area contributed by atoms with Gasteiger partial charge in [0, 0.05) is 17.7 Å². The van der Waals surface area contributed by atoms with E-state index in [4.69, 9.17) is 10.5 Å². The zero-order chi connectivity index (χ0) is 19.4. The Balaban J connectivity index is 2.33. The third-order valence-electron chi connectivity index (χ3n) is 3.97. The van der Waals surface area contributed by atoms with Crippen molar-refractivity contribution < 1.29 is 9.53 Å². The highest BCUT2D eigenvalue weighted by Gasteiger charge is 2.12. The number of aliphatic imine (C=N–C) groups is 1. The molecule has 7 heteroatoms. The van der Waals surface area contributed by atoms with Crippen molar-refractivity contribution in [3.63, 3.8) is 0 Å². The first-order chi connectivity index (χ1) is 12.3. The highest BCUT2D eigenvalue weighted by atomic mass is 16.5. The summed E-state index contributed by atoms with van der Waals surface area (Å²) in [6.45, 7) is 12.5. The summed E-state index contributed by atoms with van der Waals surface area (Å²) in [6.07, 6.45) is 0. The van der Waals surface area contributed by atoms with Crippen LogP contribution in [0.1, 0.15) is 41.2 Å². The van der Waals surface area contributed by atoms with E-state index in [-0.39, 0.29) is 0 Å². The molecule has 0 aliphatic heterocycles. The Morgan fingerprint density at radius 1 is 1.38 bits per heavy atom. The van der Waals surface area contributed by atoms with Crippen LogP contribution >= 0.6 is 0 Å². The minimum absolute atomic E-state index is 0.345. The molecule has 7 nitrogen and oxygen atoms in total. The number of nitrogens with one attached hydrogen (secondary N) is 1. The first-order valence-corrected chi connectivity index (χ1v) is 8.31. The Bertz CT molecular complexity index is 880. The van der Waals surface area contributed by atoms with Crippen molar-refractivity contribution in [3.8, 4) is 5.75 Å². The minimum Gasteiger partial charge on any atom is -0.496 e. The van der Waals surface area contributed by atoms with Gasteiger partial charge in [0.1, 0.15) is 11.6 Å². The van der Waals surface area contributed by atoms with Gasteiger partial charge in [-0.15, -0.1) is 0 Å². The van der Waals surface area contributed by atoms with E-state index in [1.165, 1.54) is 0 Å². The van der Waals surface area contributed by atoms with Crippen molar-refractivity contribution in [2.45, 2.75) is 34.2 Å². The summed E-state index contributed by atoms with van der Waals surface area (Å²) < 4.78 is 7.19. The minimum atomic E-state index is -0.530. The summed E-state index contributed by atoms with van der Waals surface area (Å²) in [5.41, 5.74) is 9.69. The smallest absolute Gasteiger partial charge is 0.248 e. The SMILES string of the molecule is C=C(N/C(C)=N/c1cc(C(N)=O)cc(OC)c1C)c1cc(C)nn1CC. The Labute approximate surface area is 153 Å². The number of ether oxygens (including phenoxy) is 1. The van der Waals surface area contributed by atoms with Crippen LogP contribution in [0, 0.1) is 13.8 Å². The number of hydrogen-bond donors (Lipinski definition) is 2. The number of benzene rings is 1. The van der Waals surface area contributed by atoms with Crippen molar-refractivity contribution >= 4 is 23.1 Å². The van der Waals surface area contributed by atoms with E-state index in [0.29, 0.717) is 28.5 Å². The molecule has 1 aromatic heterocycles. The molecule has 138 valence electrons. The lowest BCUT2D eigenvalue weighted by Gasteiger charge is -2.13. The van der Waals surface area contributed by atoms with Gasteiger partial charge in [-0.25, -0.2) is 4.99 Å². The number of carbonyl (C=O) groups excluding carboxylic acids is 1. The molecule has 1 heterocycles. The number of primary amides is 1. The van der Waals surface area contributed by atoms with Gasteiger partial charge in [0.25, 0.3) is 0 Å². The summed E-state index contributed by atoms with van der Waals surface area (Å²) in [5.74, 6) is 0.659.